The van der Waals surface area contributed by atoms with Crippen molar-refractivity contribution in [3.05, 3.63) is 132 Å². The Kier molecular flexibility index (Phi) is 17.5. The van der Waals surface area contributed by atoms with Crippen LogP contribution in [0.1, 0.15) is 56.2 Å². The highest BCUT2D eigenvalue weighted by Gasteiger charge is 2.24. The van der Waals surface area contributed by atoms with Gasteiger partial charge in [-0.1, -0.05) is 73.5 Å². The number of unbranched alkanes of at least 4 members (excludes halogenated alkanes) is 4. The molecule has 3 heterocycles. The minimum absolute atomic E-state index is 0.0435. The summed E-state index contributed by atoms with van der Waals surface area (Å²) in [5, 5.41) is 23.4. The quantitative estimate of drug-likeness (QED) is 0.0345. The number of aliphatic hydroxyl groups excluding tert-OH is 1. The summed E-state index contributed by atoms with van der Waals surface area (Å²) in [6, 6.07) is 28.3. The van der Waals surface area contributed by atoms with Crippen LogP contribution in [-0.2, 0) is 9.59 Å². The van der Waals surface area contributed by atoms with Crippen molar-refractivity contribution in [1.82, 2.24) is 20.4 Å². The largest absolute Gasteiger partial charge is 0.678 e. The van der Waals surface area contributed by atoms with E-state index in [4.69, 9.17) is 9.47 Å². The average molecular weight is 848 g/mol. The number of hydrogen-bond donors (Lipinski definition) is 4. The number of hydrogen-bond acceptors (Lipinski definition) is 8. The Balaban J connectivity index is 0.754. The summed E-state index contributed by atoms with van der Waals surface area (Å²) in [4.78, 5) is 29.8. The smallest absolute Gasteiger partial charge is 0.490 e. The number of allylic oxidation sites excluding steroid dienone is 3. The normalized spacial score (nSPS) is 13.5. The van der Waals surface area contributed by atoms with Crippen molar-refractivity contribution in [3.8, 4) is 22.1 Å². The van der Waals surface area contributed by atoms with Gasteiger partial charge in [0.2, 0.25) is 5.91 Å². The highest BCUT2D eigenvalue weighted by atomic mass is 32.1. The van der Waals surface area contributed by atoms with Crippen LogP contribution in [0, 0.1) is 0 Å². The van der Waals surface area contributed by atoms with Gasteiger partial charge in [-0.05, 0) is 109 Å². The van der Waals surface area contributed by atoms with E-state index in [1.165, 1.54) is 11.3 Å². The summed E-state index contributed by atoms with van der Waals surface area (Å²) in [5.74, 6) is 1.17. The van der Waals surface area contributed by atoms with Gasteiger partial charge in [0.25, 0.3) is 5.91 Å². The summed E-state index contributed by atoms with van der Waals surface area (Å²) < 4.78 is 40.4. The van der Waals surface area contributed by atoms with Gasteiger partial charge in [-0.3, -0.25) is 18.2 Å². The molecule has 5 aromatic rings. The van der Waals surface area contributed by atoms with Crippen LogP contribution in [0.25, 0.3) is 33.5 Å². The zero-order valence-electron chi connectivity index (χ0n) is 34.1. The predicted molar refractivity (Wildman–Crippen MR) is 243 cm³/mol. The molecule has 0 saturated heterocycles. The van der Waals surface area contributed by atoms with E-state index in [9.17, 15) is 23.3 Å². The molecule has 1 aliphatic rings. The summed E-state index contributed by atoms with van der Waals surface area (Å²) in [7, 11) is -2.68. The third-order valence-electron chi connectivity index (χ3n) is 9.91. The lowest BCUT2D eigenvalue weighted by Gasteiger charge is -2.14. The highest BCUT2D eigenvalue weighted by molar-refractivity contribution is 7.13. The highest BCUT2D eigenvalue weighted by Crippen LogP contribution is 2.30. The van der Waals surface area contributed by atoms with Crippen LogP contribution in [0.5, 0.6) is 11.5 Å². The van der Waals surface area contributed by atoms with Crippen LogP contribution in [0.3, 0.4) is 0 Å². The number of rotatable bonds is 25. The number of fused-ring (bicyclic) bond motifs is 1. The van der Waals surface area contributed by atoms with Crippen molar-refractivity contribution in [3.63, 3.8) is 0 Å². The zero-order valence-corrected chi connectivity index (χ0v) is 34.9. The number of aliphatic imine (C=N–C) groups is 1. The topological polar surface area (TPSA) is 126 Å². The second-order valence-corrected chi connectivity index (χ2v) is 15.6. The number of halogens is 2. The number of carbonyl (C=O) groups excluding carboxylic acids is 2. The minimum atomic E-state index is -2.68. The molecule has 6 rings (SSSR count). The summed E-state index contributed by atoms with van der Waals surface area (Å²) in [6.45, 7) is 2.52. The van der Waals surface area contributed by atoms with Gasteiger partial charge < -0.3 is 35.0 Å². The first-order valence-electron chi connectivity index (χ1n) is 20.8. The van der Waals surface area contributed by atoms with Crippen molar-refractivity contribution < 1.29 is 32.8 Å². The number of amides is 2. The molecule has 2 aromatic heterocycles. The average Bonchev–Trinajstić information content (AvgIpc) is 4.06. The van der Waals surface area contributed by atoms with E-state index in [1.54, 1.807) is 36.4 Å². The molecule has 61 heavy (non-hydrogen) atoms. The van der Waals surface area contributed by atoms with E-state index in [2.05, 4.69) is 20.9 Å². The molecule has 0 radical (unpaired) electrons. The van der Waals surface area contributed by atoms with Crippen molar-refractivity contribution in [2.45, 2.75) is 51.0 Å². The van der Waals surface area contributed by atoms with Gasteiger partial charge in [0.1, 0.15) is 24.2 Å². The van der Waals surface area contributed by atoms with Crippen LogP contribution >= 0.6 is 11.3 Å². The summed E-state index contributed by atoms with van der Waals surface area (Å²) >= 11 is 1.42. The zero-order chi connectivity index (χ0) is 42.7. The molecule has 14 heteroatoms. The Morgan fingerprint density at radius 1 is 0.803 bits per heavy atom. The lowest BCUT2D eigenvalue weighted by molar-refractivity contribution is -0.123. The first-order chi connectivity index (χ1) is 29.8. The van der Waals surface area contributed by atoms with Gasteiger partial charge in [0.15, 0.2) is 6.61 Å². The number of benzene rings is 3. The Morgan fingerprint density at radius 3 is 2.38 bits per heavy atom. The molecule has 0 aliphatic carbocycles. The summed E-state index contributed by atoms with van der Waals surface area (Å²) in [6.07, 6.45) is 14.0. The van der Waals surface area contributed by atoms with Gasteiger partial charge >= 0.3 is 7.40 Å². The van der Waals surface area contributed by atoms with Gasteiger partial charge in [0, 0.05) is 42.0 Å². The molecule has 0 saturated carbocycles. The van der Waals surface area contributed by atoms with E-state index in [0.717, 1.165) is 76.5 Å². The lowest BCUT2D eigenvalue weighted by atomic mass is 10.1. The Morgan fingerprint density at radius 2 is 1.57 bits per heavy atom. The van der Waals surface area contributed by atoms with E-state index < -0.39 is 13.5 Å². The molecule has 4 N–H and O–H groups in total. The fourth-order valence-electron chi connectivity index (χ4n) is 6.72. The molecular weight excluding hydrogens is 795 g/mol. The van der Waals surface area contributed by atoms with E-state index in [1.807, 2.05) is 90.3 Å². The lowest BCUT2D eigenvalue weighted by Crippen LogP contribution is -2.32. The van der Waals surface area contributed by atoms with Crippen molar-refractivity contribution >= 4 is 59.2 Å². The van der Waals surface area contributed by atoms with Crippen LogP contribution in [0.4, 0.5) is 8.63 Å². The fraction of sp³-hybridized carbons (Fsp3) is 0.298. The molecule has 3 aromatic carbocycles. The summed E-state index contributed by atoms with van der Waals surface area (Å²) in [5.41, 5.74) is 3.04. The molecule has 1 atom stereocenters. The number of nitrogens with one attached hydrogen (secondary N) is 3. The number of carbonyl (C=O) groups is 2. The monoisotopic (exact) mass is 847 g/mol. The number of thiophene rings is 1. The molecule has 1 aliphatic heterocycles. The van der Waals surface area contributed by atoms with Crippen LogP contribution in [0.2, 0.25) is 0 Å². The van der Waals surface area contributed by atoms with Crippen LogP contribution < -0.4 is 25.4 Å². The number of nitrogens with zero attached hydrogens (tertiary/aromatic N) is 2. The van der Waals surface area contributed by atoms with Crippen LogP contribution in [-0.4, -0.2) is 80.0 Å². The predicted octanol–water partition coefficient (Wildman–Crippen LogP) is 8.58. The molecule has 318 valence electrons. The number of aromatic nitrogens is 1. The first-order valence-corrected chi connectivity index (χ1v) is 21.7. The second-order valence-electron chi connectivity index (χ2n) is 14.6. The van der Waals surface area contributed by atoms with Gasteiger partial charge in [-0.15, -0.1) is 11.3 Å². The number of ether oxygens (including phenoxy) is 2. The van der Waals surface area contributed by atoms with E-state index in [0.29, 0.717) is 54.6 Å². The molecule has 10 nitrogen and oxygen atoms in total. The standard InChI is InChI=1S/C47H52BF2N5O5S/c49-48(50)55-39(23-26-43(55)45-15-10-30-61-45)31-38-22-21-37(54-38)20-17-35-18-24-41(25-19-35)59-34-47(58)53-29-7-1-3-16-46(57)52-28-8-2-6-27-51-32-40(56)33-60-44-14-9-12-36-11-4-5-13-42(36)44/h4-5,9-15,17-26,30-31,40,51,56H,1-3,6-8,16,27-29,32-34H2,(H,52,57)(H,53,58)/b20-17+,38-31-/t40-/m0/s1. The van der Waals surface area contributed by atoms with Gasteiger partial charge in [-0.2, -0.15) is 0 Å². The van der Waals surface area contributed by atoms with Gasteiger partial charge in [-0.25, -0.2) is 4.99 Å². The van der Waals surface area contributed by atoms with Crippen molar-refractivity contribution in [2.24, 2.45) is 4.99 Å². The SMILES string of the molecule is O=C(CCCCCNC(=O)COc1ccc(/C=C/C2=NC(=C\c3ccc(-c4cccs4)n3B(F)F)/C=C2)cc1)NCCCCCNC[C@H](O)COc1cccc2ccccc12. The number of aliphatic hydroxyl groups is 1. The van der Waals surface area contributed by atoms with Crippen molar-refractivity contribution in [2.75, 3.05) is 39.4 Å². The first kappa shape index (κ1) is 44.7. The maximum atomic E-state index is 13.9. The van der Waals surface area contributed by atoms with E-state index in [-0.39, 0.29) is 25.0 Å². The van der Waals surface area contributed by atoms with E-state index >= 15 is 0 Å². The third kappa shape index (κ3) is 14.4. The van der Waals surface area contributed by atoms with Crippen LogP contribution in [0.15, 0.2) is 125 Å². The molecule has 2 amide bonds. The molecule has 0 bridgehead atoms. The minimum Gasteiger partial charge on any atom is -0.490 e. The Bertz CT molecular complexity index is 2290. The maximum absolute atomic E-state index is 13.9. The molecule has 0 spiro atoms. The van der Waals surface area contributed by atoms with Crippen molar-refractivity contribution in [1.29, 1.82) is 0 Å². The Labute approximate surface area is 360 Å². The molecular formula is C47H52BF2N5O5S. The third-order valence-corrected chi connectivity index (χ3v) is 10.8. The second kappa shape index (κ2) is 23.8. The Hall–Kier alpha value is -5.83. The van der Waals surface area contributed by atoms with Gasteiger partial charge in [0.05, 0.1) is 17.1 Å². The fourth-order valence-corrected chi connectivity index (χ4v) is 7.47. The molecule has 0 fully saturated rings. The maximum Gasteiger partial charge on any atom is 0.678 e. The molecule has 0 unspecified atom stereocenters.